The number of anilines is 2. The van der Waals surface area contributed by atoms with E-state index in [1.165, 1.54) is 0 Å². The van der Waals surface area contributed by atoms with Gasteiger partial charge in [-0.05, 0) is 37.3 Å². The predicted molar refractivity (Wildman–Crippen MR) is 97.6 cm³/mol. The van der Waals surface area contributed by atoms with E-state index in [-0.39, 0.29) is 5.56 Å². The van der Waals surface area contributed by atoms with Crippen molar-refractivity contribution >= 4 is 49.6 Å². The molecule has 0 atom stereocenters. The first kappa shape index (κ1) is 14.8. The Balaban J connectivity index is 1.79. The minimum absolute atomic E-state index is 0.204. The number of hydrogen-bond donors (Lipinski definition) is 2. The Morgan fingerprint density at radius 2 is 1.79 bits per heavy atom. The second-order valence-electron chi connectivity index (χ2n) is 5.35. The summed E-state index contributed by atoms with van der Waals surface area (Å²) in [4.78, 5) is 28.2. The molecule has 0 radical (unpaired) electrons. The third-order valence-corrected chi connectivity index (χ3v) is 4.18. The van der Waals surface area contributed by atoms with E-state index in [2.05, 4.69) is 41.2 Å². The summed E-state index contributed by atoms with van der Waals surface area (Å²) in [6.07, 6.45) is 0. The molecule has 2 N–H and O–H groups in total. The van der Waals surface area contributed by atoms with Crippen LogP contribution in [-0.2, 0) is 0 Å². The van der Waals surface area contributed by atoms with Crippen molar-refractivity contribution < 1.29 is 0 Å². The molecule has 4 rings (SSSR count). The summed E-state index contributed by atoms with van der Waals surface area (Å²) in [5.41, 5.74) is 2.07. The molecule has 2 aromatic carbocycles. The minimum atomic E-state index is -0.204. The Morgan fingerprint density at radius 1 is 1.00 bits per heavy atom. The lowest BCUT2D eigenvalue weighted by molar-refractivity contribution is 1.10. The zero-order valence-corrected chi connectivity index (χ0v) is 14.3. The molecule has 2 aromatic heterocycles. The summed E-state index contributed by atoms with van der Waals surface area (Å²) in [5.74, 6) is 0.704. The number of aryl methyl sites for hydroxylation is 1. The molecule has 0 bridgehead atoms. The molecule has 0 aliphatic heterocycles. The largest absolute Gasteiger partial charge is 0.294 e. The minimum Gasteiger partial charge on any atom is -0.294 e. The lowest BCUT2D eigenvalue weighted by Crippen LogP contribution is -2.12. The van der Waals surface area contributed by atoms with Gasteiger partial charge < -0.3 is 0 Å². The maximum Gasteiger partial charge on any atom is 0.260 e. The van der Waals surface area contributed by atoms with Crippen LogP contribution in [0.3, 0.4) is 0 Å². The van der Waals surface area contributed by atoms with Crippen LogP contribution in [0.4, 0.5) is 11.9 Å². The van der Waals surface area contributed by atoms with Gasteiger partial charge in [-0.25, -0.2) is 15.0 Å². The van der Waals surface area contributed by atoms with Gasteiger partial charge in [0, 0.05) is 9.86 Å². The Bertz CT molecular complexity index is 1140. The third-order valence-electron chi connectivity index (χ3n) is 3.69. The smallest absolute Gasteiger partial charge is 0.260 e. The lowest BCUT2D eigenvalue weighted by Gasteiger charge is -2.08. The predicted octanol–water partition coefficient (Wildman–Crippen LogP) is 3.68. The number of aromatic nitrogens is 4. The lowest BCUT2D eigenvalue weighted by atomic mass is 10.2. The first-order valence-electron chi connectivity index (χ1n) is 7.30. The van der Waals surface area contributed by atoms with Crippen molar-refractivity contribution in [3.63, 3.8) is 0 Å². The molecular formula is C17H12BrN5O. The van der Waals surface area contributed by atoms with E-state index in [9.17, 15) is 4.79 Å². The number of para-hydroxylation sites is 1. The topological polar surface area (TPSA) is 83.6 Å². The Labute approximate surface area is 145 Å². The summed E-state index contributed by atoms with van der Waals surface area (Å²) in [5, 5.41) is 4.50. The van der Waals surface area contributed by atoms with Crippen LogP contribution in [0.1, 0.15) is 5.69 Å². The van der Waals surface area contributed by atoms with Crippen molar-refractivity contribution in [2.75, 3.05) is 5.32 Å². The summed E-state index contributed by atoms with van der Waals surface area (Å²) in [6.45, 7) is 1.91. The van der Waals surface area contributed by atoms with Gasteiger partial charge in [0.15, 0.2) is 0 Å². The van der Waals surface area contributed by atoms with Gasteiger partial charge in [-0.2, -0.15) is 0 Å². The van der Waals surface area contributed by atoms with Gasteiger partial charge in [0.2, 0.25) is 11.9 Å². The van der Waals surface area contributed by atoms with E-state index in [4.69, 9.17) is 0 Å². The van der Waals surface area contributed by atoms with Crippen molar-refractivity contribution in [1.29, 1.82) is 0 Å². The molecule has 2 heterocycles. The van der Waals surface area contributed by atoms with Gasteiger partial charge in [0.25, 0.3) is 5.56 Å². The maximum atomic E-state index is 12.1. The average Bonchev–Trinajstić information content (AvgIpc) is 2.56. The normalized spacial score (nSPS) is 11.1. The number of nitrogens with one attached hydrogen (secondary N) is 2. The van der Waals surface area contributed by atoms with Gasteiger partial charge in [-0.3, -0.25) is 15.1 Å². The maximum absolute atomic E-state index is 12.1. The van der Waals surface area contributed by atoms with E-state index in [1.807, 2.05) is 31.2 Å². The fourth-order valence-corrected chi connectivity index (χ4v) is 2.92. The number of fused-ring (bicyclic) bond motifs is 2. The standard InChI is InChI=1S/C17H12BrN5O/c1-9-12-8-10(18)6-7-14(12)21-16(19-9)23-17-20-13-5-3-2-4-11(13)15(24)22-17/h2-8H,1H3,(H2,19,20,21,22,23,24). The van der Waals surface area contributed by atoms with Gasteiger partial charge in [-0.1, -0.05) is 28.1 Å². The molecule has 7 heteroatoms. The third kappa shape index (κ3) is 2.63. The first-order chi connectivity index (χ1) is 11.6. The summed E-state index contributed by atoms with van der Waals surface area (Å²) in [7, 11) is 0. The number of H-pyrrole nitrogens is 1. The van der Waals surface area contributed by atoms with E-state index in [1.54, 1.807) is 18.2 Å². The average molecular weight is 382 g/mol. The molecule has 0 aliphatic rings. The highest BCUT2D eigenvalue weighted by Crippen LogP contribution is 2.22. The van der Waals surface area contributed by atoms with E-state index < -0.39 is 0 Å². The van der Waals surface area contributed by atoms with Crippen LogP contribution in [0.5, 0.6) is 0 Å². The molecule has 0 amide bonds. The molecule has 6 nitrogen and oxygen atoms in total. The summed E-state index contributed by atoms with van der Waals surface area (Å²) >= 11 is 3.45. The fraction of sp³-hybridized carbons (Fsp3) is 0.0588. The molecule has 0 aliphatic carbocycles. The van der Waals surface area contributed by atoms with Gasteiger partial charge in [0.05, 0.1) is 22.1 Å². The van der Waals surface area contributed by atoms with Crippen LogP contribution in [0.25, 0.3) is 21.8 Å². The van der Waals surface area contributed by atoms with Crippen molar-refractivity contribution in [3.8, 4) is 0 Å². The fourth-order valence-electron chi connectivity index (χ4n) is 2.56. The SMILES string of the molecule is Cc1nc(Nc2nc3ccccc3c(=O)[nH]2)nc2ccc(Br)cc12. The Kier molecular flexibility index (Phi) is 3.50. The first-order valence-corrected chi connectivity index (χ1v) is 8.09. The number of nitrogens with zero attached hydrogens (tertiary/aromatic N) is 3. The van der Waals surface area contributed by atoms with Crippen LogP contribution < -0.4 is 10.9 Å². The van der Waals surface area contributed by atoms with Crippen LogP contribution in [0.2, 0.25) is 0 Å². The molecule has 0 fully saturated rings. The van der Waals surface area contributed by atoms with Crippen LogP contribution >= 0.6 is 15.9 Å². The van der Waals surface area contributed by atoms with Crippen molar-refractivity contribution in [2.24, 2.45) is 0 Å². The highest BCUT2D eigenvalue weighted by molar-refractivity contribution is 9.10. The van der Waals surface area contributed by atoms with Crippen LogP contribution in [0.15, 0.2) is 51.7 Å². The molecule has 0 unspecified atom stereocenters. The number of hydrogen-bond acceptors (Lipinski definition) is 5. The Hall–Kier alpha value is -2.80. The number of aromatic amines is 1. The second kappa shape index (κ2) is 5.68. The summed E-state index contributed by atoms with van der Waals surface area (Å²) in [6, 6.07) is 13.0. The number of rotatable bonds is 2. The number of halogens is 1. The molecular weight excluding hydrogens is 370 g/mol. The number of benzene rings is 2. The summed E-state index contributed by atoms with van der Waals surface area (Å²) < 4.78 is 0.975. The molecule has 24 heavy (non-hydrogen) atoms. The van der Waals surface area contributed by atoms with Gasteiger partial charge >= 0.3 is 0 Å². The highest BCUT2D eigenvalue weighted by atomic mass is 79.9. The van der Waals surface area contributed by atoms with E-state index in [0.717, 1.165) is 21.1 Å². The van der Waals surface area contributed by atoms with Crippen molar-refractivity contribution in [2.45, 2.75) is 6.92 Å². The zero-order valence-electron chi connectivity index (χ0n) is 12.7. The highest BCUT2D eigenvalue weighted by Gasteiger charge is 2.08. The Morgan fingerprint density at radius 3 is 2.67 bits per heavy atom. The molecule has 0 spiro atoms. The van der Waals surface area contributed by atoms with Crippen molar-refractivity contribution in [1.82, 2.24) is 19.9 Å². The van der Waals surface area contributed by atoms with Crippen LogP contribution in [0, 0.1) is 6.92 Å². The van der Waals surface area contributed by atoms with E-state index in [0.29, 0.717) is 22.8 Å². The zero-order chi connectivity index (χ0) is 16.7. The van der Waals surface area contributed by atoms with Gasteiger partial charge in [0.1, 0.15) is 0 Å². The quantitative estimate of drug-likeness (QED) is 0.553. The van der Waals surface area contributed by atoms with Crippen LogP contribution in [-0.4, -0.2) is 19.9 Å². The molecule has 4 aromatic rings. The molecule has 118 valence electrons. The monoisotopic (exact) mass is 381 g/mol. The molecule has 0 saturated carbocycles. The van der Waals surface area contributed by atoms with Crippen molar-refractivity contribution in [3.05, 3.63) is 63.0 Å². The second-order valence-corrected chi connectivity index (χ2v) is 6.27. The van der Waals surface area contributed by atoms with E-state index >= 15 is 0 Å². The molecule has 0 saturated heterocycles. The van der Waals surface area contributed by atoms with Gasteiger partial charge in [-0.15, -0.1) is 0 Å².